The maximum Gasteiger partial charge on any atom is 0.254 e. The van der Waals surface area contributed by atoms with Gasteiger partial charge in [0.2, 0.25) is 0 Å². The van der Waals surface area contributed by atoms with Gasteiger partial charge in [-0.3, -0.25) is 4.79 Å². The van der Waals surface area contributed by atoms with E-state index in [2.05, 4.69) is 47.9 Å². The monoisotopic (exact) mass is 540 g/mol. The Morgan fingerprint density at radius 3 is 2.60 bits per heavy atom. The molecule has 1 aliphatic heterocycles. The van der Waals surface area contributed by atoms with Gasteiger partial charge in [-0.25, -0.2) is 0 Å². The quantitative estimate of drug-likeness (QED) is 0.355. The molecule has 5 nitrogen and oxygen atoms in total. The van der Waals surface area contributed by atoms with Crippen molar-refractivity contribution in [3.05, 3.63) is 77.9 Å². The summed E-state index contributed by atoms with van der Waals surface area (Å²) in [6.45, 7) is 8.35. The molecule has 212 valence electrons. The van der Waals surface area contributed by atoms with E-state index in [1.807, 2.05) is 43.5 Å². The zero-order valence-electron chi connectivity index (χ0n) is 24.3. The SMILES string of the molecule is COC1C[C@@H](N(CC(C)C)C(=O)c2ccc3ccccc3c2)C[C@]2(c3cccc(O)c3)CCN(CC3CC3)C[C@@H]12. The molecule has 6 rings (SSSR count). The summed E-state index contributed by atoms with van der Waals surface area (Å²) in [6, 6.07) is 22.3. The predicted octanol–water partition coefficient (Wildman–Crippen LogP) is 6.49. The number of ether oxygens (including phenoxy) is 1. The molecule has 0 aromatic heterocycles. The van der Waals surface area contributed by atoms with Crippen LogP contribution in [0.2, 0.25) is 0 Å². The first-order valence-electron chi connectivity index (χ1n) is 15.2. The number of aromatic hydroxyl groups is 1. The molecule has 40 heavy (non-hydrogen) atoms. The average molecular weight is 541 g/mol. The lowest BCUT2D eigenvalue weighted by molar-refractivity contribution is -0.0824. The van der Waals surface area contributed by atoms with Crippen LogP contribution in [0.4, 0.5) is 0 Å². The molecule has 1 unspecified atom stereocenters. The summed E-state index contributed by atoms with van der Waals surface area (Å²) in [5.74, 6) is 1.94. The lowest BCUT2D eigenvalue weighted by Crippen LogP contribution is -2.62. The van der Waals surface area contributed by atoms with Crippen molar-refractivity contribution in [2.75, 3.05) is 33.3 Å². The largest absolute Gasteiger partial charge is 0.508 e. The number of carbonyl (C=O) groups is 1. The molecular weight excluding hydrogens is 496 g/mol. The van der Waals surface area contributed by atoms with E-state index in [4.69, 9.17) is 4.74 Å². The second kappa shape index (κ2) is 11.2. The van der Waals surface area contributed by atoms with E-state index in [-0.39, 0.29) is 23.5 Å². The molecule has 2 saturated carbocycles. The van der Waals surface area contributed by atoms with E-state index in [1.54, 1.807) is 6.07 Å². The second-order valence-electron chi connectivity index (χ2n) is 13.0. The molecule has 5 heteroatoms. The third kappa shape index (κ3) is 5.38. The topological polar surface area (TPSA) is 53.0 Å². The van der Waals surface area contributed by atoms with E-state index in [0.717, 1.165) is 54.6 Å². The third-order valence-corrected chi connectivity index (χ3v) is 9.79. The molecule has 1 heterocycles. The zero-order chi connectivity index (χ0) is 27.9. The fourth-order valence-corrected chi connectivity index (χ4v) is 7.65. The lowest BCUT2D eigenvalue weighted by atomic mass is 9.56. The van der Waals surface area contributed by atoms with Gasteiger partial charge in [0.1, 0.15) is 5.75 Å². The van der Waals surface area contributed by atoms with Gasteiger partial charge in [0.25, 0.3) is 5.91 Å². The van der Waals surface area contributed by atoms with E-state index in [1.165, 1.54) is 24.9 Å². The fourth-order valence-electron chi connectivity index (χ4n) is 7.65. The van der Waals surface area contributed by atoms with Crippen LogP contribution in [0.1, 0.15) is 61.9 Å². The van der Waals surface area contributed by atoms with Crippen molar-refractivity contribution < 1.29 is 14.6 Å². The normalized spacial score (nSPS) is 27.1. The van der Waals surface area contributed by atoms with Crippen LogP contribution in [0.25, 0.3) is 10.8 Å². The highest BCUT2D eigenvalue weighted by molar-refractivity contribution is 5.98. The molecule has 1 N–H and O–H groups in total. The van der Waals surface area contributed by atoms with Gasteiger partial charge < -0.3 is 19.6 Å². The second-order valence-corrected chi connectivity index (χ2v) is 13.0. The smallest absolute Gasteiger partial charge is 0.254 e. The van der Waals surface area contributed by atoms with Crippen molar-refractivity contribution in [2.45, 2.75) is 63.5 Å². The maximum atomic E-state index is 14.3. The van der Waals surface area contributed by atoms with Crippen LogP contribution in [-0.4, -0.2) is 66.2 Å². The first kappa shape index (κ1) is 27.3. The number of carbonyl (C=O) groups excluding carboxylic acids is 1. The summed E-state index contributed by atoms with van der Waals surface area (Å²) < 4.78 is 6.31. The highest BCUT2D eigenvalue weighted by Crippen LogP contribution is 2.52. The molecule has 3 aromatic carbocycles. The Bertz CT molecular complexity index is 1350. The summed E-state index contributed by atoms with van der Waals surface area (Å²) in [4.78, 5) is 19.1. The number of phenolic OH excluding ortho intramolecular Hbond substituents is 1. The Balaban J connectivity index is 1.37. The van der Waals surface area contributed by atoms with Gasteiger partial charge in [0, 0.05) is 49.7 Å². The molecule has 0 bridgehead atoms. The number of amides is 1. The van der Waals surface area contributed by atoms with E-state index in [0.29, 0.717) is 24.1 Å². The number of nitrogens with zero attached hydrogens (tertiary/aromatic N) is 2. The van der Waals surface area contributed by atoms with Gasteiger partial charge >= 0.3 is 0 Å². The number of phenols is 1. The Morgan fingerprint density at radius 1 is 1.07 bits per heavy atom. The lowest BCUT2D eigenvalue weighted by Gasteiger charge is -2.57. The molecular formula is C35H44N2O3. The van der Waals surface area contributed by atoms with Crippen LogP contribution in [-0.2, 0) is 10.2 Å². The van der Waals surface area contributed by atoms with E-state index in [9.17, 15) is 9.90 Å². The van der Waals surface area contributed by atoms with Crippen molar-refractivity contribution in [2.24, 2.45) is 17.8 Å². The summed E-state index contributed by atoms with van der Waals surface area (Å²) in [5.41, 5.74) is 1.79. The molecule has 1 saturated heterocycles. The molecule has 0 radical (unpaired) electrons. The van der Waals surface area contributed by atoms with Gasteiger partial charge in [0.15, 0.2) is 0 Å². The molecule has 1 amide bonds. The number of hydrogen-bond donors (Lipinski definition) is 1. The van der Waals surface area contributed by atoms with Gasteiger partial charge in [-0.15, -0.1) is 0 Å². The van der Waals surface area contributed by atoms with Crippen molar-refractivity contribution in [3.63, 3.8) is 0 Å². The summed E-state index contributed by atoms with van der Waals surface area (Å²) in [7, 11) is 1.85. The Labute approximate surface area is 239 Å². The van der Waals surface area contributed by atoms with Crippen LogP contribution in [0.15, 0.2) is 66.7 Å². The third-order valence-electron chi connectivity index (χ3n) is 9.79. The molecule has 3 aromatic rings. The zero-order valence-corrected chi connectivity index (χ0v) is 24.3. The summed E-state index contributed by atoms with van der Waals surface area (Å²) in [5, 5.41) is 12.8. The van der Waals surface area contributed by atoms with Gasteiger partial charge in [-0.2, -0.15) is 0 Å². The maximum absolute atomic E-state index is 14.3. The average Bonchev–Trinajstić information content (AvgIpc) is 3.78. The number of likely N-dealkylation sites (tertiary alicyclic amines) is 1. The minimum absolute atomic E-state index is 0.0437. The minimum Gasteiger partial charge on any atom is -0.508 e. The van der Waals surface area contributed by atoms with Crippen molar-refractivity contribution in [1.29, 1.82) is 0 Å². The number of fused-ring (bicyclic) bond motifs is 2. The molecule has 3 fully saturated rings. The van der Waals surface area contributed by atoms with Crippen LogP contribution in [0.3, 0.4) is 0 Å². The number of hydrogen-bond acceptors (Lipinski definition) is 4. The van der Waals surface area contributed by atoms with Crippen LogP contribution in [0, 0.1) is 17.8 Å². The van der Waals surface area contributed by atoms with Crippen LogP contribution < -0.4 is 0 Å². The predicted molar refractivity (Wildman–Crippen MR) is 161 cm³/mol. The first-order valence-corrected chi connectivity index (χ1v) is 15.2. The highest BCUT2D eigenvalue weighted by atomic mass is 16.5. The Kier molecular flexibility index (Phi) is 7.62. The summed E-state index contributed by atoms with van der Waals surface area (Å²) >= 11 is 0. The number of benzene rings is 3. The van der Waals surface area contributed by atoms with Gasteiger partial charge in [-0.05, 0) is 91.1 Å². The number of methoxy groups -OCH3 is 1. The van der Waals surface area contributed by atoms with Gasteiger partial charge in [-0.1, -0.05) is 56.3 Å². The van der Waals surface area contributed by atoms with Gasteiger partial charge in [0.05, 0.1) is 6.10 Å². The number of rotatable bonds is 8. The van der Waals surface area contributed by atoms with Crippen LogP contribution in [0.5, 0.6) is 5.75 Å². The molecule has 4 atom stereocenters. The molecule has 2 aliphatic carbocycles. The summed E-state index contributed by atoms with van der Waals surface area (Å²) in [6.07, 6.45) is 5.51. The highest BCUT2D eigenvalue weighted by Gasteiger charge is 2.54. The standard InChI is InChI=1S/C35H44N2O3/c1-24(2)21-37(34(39)28-14-13-26-7-4-5-8-27(26)17-28)30-19-33(40-3)32-23-36(22-25-11-12-25)16-15-35(32,20-30)29-9-6-10-31(38)18-29/h4-10,13-14,17-18,24-25,30,32-33,38H,11-12,15-16,19-23H2,1-3H3/t30-,32+,33?,35+/m1/s1. The molecule has 0 spiro atoms. The Hall–Kier alpha value is -2.89. The van der Waals surface area contributed by atoms with Crippen LogP contribution >= 0.6 is 0 Å². The Morgan fingerprint density at radius 2 is 1.88 bits per heavy atom. The molecule has 3 aliphatic rings. The minimum atomic E-state index is -0.152. The van der Waals surface area contributed by atoms with Crippen molar-refractivity contribution in [1.82, 2.24) is 9.80 Å². The number of piperidine rings is 1. The van der Waals surface area contributed by atoms with Crippen molar-refractivity contribution in [3.8, 4) is 5.75 Å². The first-order chi connectivity index (χ1) is 19.4. The van der Waals surface area contributed by atoms with Crippen molar-refractivity contribution >= 4 is 16.7 Å². The fraction of sp³-hybridized carbons (Fsp3) is 0.514. The van der Waals surface area contributed by atoms with E-state index >= 15 is 0 Å². The van der Waals surface area contributed by atoms with E-state index < -0.39 is 0 Å².